The van der Waals surface area contributed by atoms with Crippen LogP contribution < -0.4 is 4.74 Å². The minimum absolute atomic E-state index is 0.617. The molecule has 0 amide bonds. The van der Waals surface area contributed by atoms with Gasteiger partial charge in [-0.3, -0.25) is 4.57 Å². The lowest BCUT2D eigenvalue weighted by Gasteiger charge is -2.10. The number of hydrogen-bond acceptors (Lipinski definition) is 4. The maximum absolute atomic E-state index is 6.06. The van der Waals surface area contributed by atoms with Crippen molar-refractivity contribution in [1.82, 2.24) is 19.5 Å². The van der Waals surface area contributed by atoms with Crippen molar-refractivity contribution in [1.29, 1.82) is 0 Å². The summed E-state index contributed by atoms with van der Waals surface area (Å²) in [5, 5.41) is 2.34. The fourth-order valence-corrected chi connectivity index (χ4v) is 4.20. The quantitative estimate of drug-likeness (QED) is 0.312. The largest absolute Gasteiger partial charge is 0.439 e. The molecule has 6 aromatic rings. The van der Waals surface area contributed by atoms with Crippen molar-refractivity contribution in [3.63, 3.8) is 0 Å². The van der Waals surface area contributed by atoms with Gasteiger partial charge in [-0.2, -0.15) is 0 Å². The van der Waals surface area contributed by atoms with Crippen LogP contribution in [0.5, 0.6) is 11.6 Å². The molecule has 0 saturated carbocycles. The van der Waals surface area contributed by atoms with Crippen LogP contribution in [0.4, 0.5) is 0 Å². The molecule has 0 N–H and O–H groups in total. The highest BCUT2D eigenvalue weighted by atomic mass is 16.5. The molecule has 33 heavy (non-hydrogen) atoms. The van der Waals surface area contributed by atoms with Gasteiger partial charge in [-0.25, -0.2) is 15.0 Å². The minimum atomic E-state index is 0.617. The SMILES string of the molecule is Cc1cccnc1Oc1cccc(-c2ccc3c4ccccc4n(-c4ncccn4)c3c2)c1. The van der Waals surface area contributed by atoms with E-state index in [1.807, 2.05) is 49.4 Å². The molecule has 158 valence electrons. The van der Waals surface area contributed by atoms with Crippen molar-refractivity contribution < 1.29 is 4.74 Å². The van der Waals surface area contributed by atoms with E-state index < -0.39 is 0 Å². The van der Waals surface area contributed by atoms with Gasteiger partial charge in [0.2, 0.25) is 11.8 Å². The molecule has 0 atom stereocenters. The fourth-order valence-electron chi connectivity index (χ4n) is 4.20. The van der Waals surface area contributed by atoms with Gasteiger partial charge < -0.3 is 4.74 Å². The Balaban J connectivity index is 1.49. The van der Waals surface area contributed by atoms with Crippen LogP contribution in [0.3, 0.4) is 0 Å². The number of fused-ring (bicyclic) bond motifs is 3. The highest BCUT2D eigenvalue weighted by Crippen LogP contribution is 2.35. The first-order chi connectivity index (χ1) is 16.3. The van der Waals surface area contributed by atoms with Crippen LogP contribution in [-0.4, -0.2) is 19.5 Å². The molecule has 0 bridgehead atoms. The summed E-state index contributed by atoms with van der Waals surface area (Å²) in [5.41, 5.74) is 5.29. The van der Waals surface area contributed by atoms with Crippen LogP contribution in [0, 0.1) is 6.92 Å². The van der Waals surface area contributed by atoms with Gasteiger partial charge in [-0.1, -0.05) is 48.5 Å². The molecule has 3 aromatic heterocycles. The summed E-state index contributed by atoms with van der Waals surface area (Å²) >= 11 is 0. The summed E-state index contributed by atoms with van der Waals surface area (Å²) in [4.78, 5) is 13.4. The number of aryl methyl sites for hydroxylation is 1. The van der Waals surface area contributed by atoms with E-state index in [1.54, 1.807) is 18.6 Å². The Labute approximate surface area is 191 Å². The first-order valence-electron chi connectivity index (χ1n) is 10.8. The first-order valence-corrected chi connectivity index (χ1v) is 10.8. The van der Waals surface area contributed by atoms with E-state index >= 15 is 0 Å². The van der Waals surface area contributed by atoms with Crippen molar-refractivity contribution >= 4 is 21.8 Å². The van der Waals surface area contributed by atoms with Gasteiger partial charge in [-0.05, 0) is 54.4 Å². The van der Waals surface area contributed by atoms with Crippen LogP contribution in [-0.2, 0) is 0 Å². The Morgan fingerprint density at radius 3 is 2.30 bits per heavy atom. The van der Waals surface area contributed by atoms with Gasteiger partial charge in [0.1, 0.15) is 5.75 Å². The Kier molecular flexibility index (Phi) is 4.58. The smallest absolute Gasteiger partial charge is 0.234 e. The number of hydrogen-bond donors (Lipinski definition) is 0. The number of benzene rings is 3. The second-order valence-corrected chi connectivity index (χ2v) is 7.89. The lowest BCUT2D eigenvalue weighted by molar-refractivity contribution is 0.459. The lowest BCUT2D eigenvalue weighted by Crippen LogP contribution is -1.99. The zero-order valence-corrected chi connectivity index (χ0v) is 18.0. The van der Waals surface area contributed by atoms with E-state index in [0.717, 1.165) is 33.5 Å². The second-order valence-electron chi connectivity index (χ2n) is 7.89. The van der Waals surface area contributed by atoms with E-state index in [-0.39, 0.29) is 0 Å². The maximum atomic E-state index is 6.06. The van der Waals surface area contributed by atoms with Gasteiger partial charge in [0.05, 0.1) is 11.0 Å². The van der Waals surface area contributed by atoms with E-state index in [9.17, 15) is 0 Å². The molecule has 0 saturated heterocycles. The van der Waals surface area contributed by atoms with Gasteiger partial charge in [-0.15, -0.1) is 0 Å². The lowest BCUT2D eigenvalue weighted by atomic mass is 10.0. The summed E-state index contributed by atoms with van der Waals surface area (Å²) < 4.78 is 8.18. The number of pyridine rings is 1. The third-order valence-electron chi connectivity index (χ3n) is 5.77. The normalized spacial score (nSPS) is 11.2. The van der Waals surface area contributed by atoms with Crippen molar-refractivity contribution in [3.05, 3.63) is 109 Å². The molecule has 0 spiro atoms. The zero-order valence-electron chi connectivity index (χ0n) is 18.0. The van der Waals surface area contributed by atoms with Gasteiger partial charge >= 0.3 is 0 Å². The van der Waals surface area contributed by atoms with Crippen LogP contribution in [0.15, 0.2) is 104 Å². The van der Waals surface area contributed by atoms with Crippen LogP contribution in [0.1, 0.15) is 5.56 Å². The third-order valence-corrected chi connectivity index (χ3v) is 5.77. The fraction of sp³-hybridized carbons (Fsp3) is 0.0357. The molecule has 0 fully saturated rings. The highest BCUT2D eigenvalue weighted by molar-refractivity contribution is 6.09. The Bertz CT molecular complexity index is 1610. The molecule has 3 heterocycles. The van der Waals surface area contributed by atoms with Crippen molar-refractivity contribution in [2.45, 2.75) is 6.92 Å². The third kappa shape index (κ3) is 3.40. The highest BCUT2D eigenvalue weighted by Gasteiger charge is 2.14. The van der Waals surface area contributed by atoms with Crippen molar-refractivity contribution in [2.24, 2.45) is 0 Å². The first kappa shape index (κ1) is 19.2. The molecule has 0 unspecified atom stereocenters. The maximum Gasteiger partial charge on any atom is 0.234 e. The predicted octanol–water partition coefficient (Wildman–Crippen LogP) is 6.74. The topological polar surface area (TPSA) is 52.8 Å². The van der Waals surface area contributed by atoms with Crippen LogP contribution in [0.25, 0.3) is 38.9 Å². The Morgan fingerprint density at radius 1 is 0.636 bits per heavy atom. The molecule has 5 nitrogen and oxygen atoms in total. The molecule has 3 aromatic carbocycles. The number of rotatable bonds is 4. The van der Waals surface area contributed by atoms with E-state index in [4.69, 9.17) is 4.74 Å². The Hall–Kier alpha value is -4.51. The monoisotopic (exact) mass is 428 g/mol. The number of para-hydroxylation sites is 1. The van der Waals surface area contributed by atoms with E-state index in [1.165, 1.54) is 10.8 Å². The number of ether oxygens (including phenoxy) is 1. The van der Waals surface area contributed by atoms with Crippen LogP contribution in [0.2, 0.25) is 0 Å². The summed E-state index contributed by atoms with van der Waals surface area (Å²) in [6.45, 7) is 1.99. The average molecular weight is 428 g/mol. The second kappa shape index (κ2) is 7.88. The summed E-state index contributed by atoms with van der Waals surface area (Å²) in [5.74, 6) is 2.02. The number of nitrogens with zero attached hydrogens (tertiary/aromatic N) is 4. The van der Waals surface area contributed by atoms with Gasteiger partial charge in [0, 0.05) is 34.9 Å². The summed E-state index contributed by atoms with van der Waals surface area (Å²) in [6, 6.07) is 28.7. The molecule has 0 aliphatic heterocycles. The van der Waals surface area contributed by atoms with Gasteiger partial charge in [0.25, 0.3) is 0 Å². The molecule has 5 heteroatoms. The average Bonchev–Trinajstić information content (AvgIpc) is 3.20. The molecule has 6 rings (SSSR count). The predicted molar refractivity (Wildman–Crippen MR) is 131 cm³/mol. The number of aromatic nitrogens is 4. The van der Waals surface area contributed by atoms with Gasteiger partial charge in [0.15, 0.2) is 0 Å². The van der Waals surface area contributed by atoms with Crippen LogP contribution >= 0.6 is 0 Å². The van der Waals surface area contributed by atoms with E-state index in [2.05, 4.69) is 62.0 Å². The molecule has 0 aliphatic rings. The summed E-state index contributed by atoms with van der Waals surface area (Å²) in [7, 11) is 0. The van der Waals surface area contributed by atoms with Crippen molar-refractivity contribution in [3.8, 4) is 28.7 Å². The standard InChI is InChI=1S/C28H20N4O/c1-19-7-5-14-29-27(19)33-22-9-4-8-20(17-22)21-12-13-24-23-10-2-3-11-25(23)32(26(24)18-21)28-30-15-6-16-31-28/h2-18H,1H3. The summed E-state index contributed by atoms with van der Waals surface area (Å²) in [6.07, 6.45) is 5.28. The molecule has 0 radical (unpaired) electrons. The molecular formula is C28H20N4O. The molecule has 0 aliphatic carbocycles. The molecular weight excluding hydrogens is 408 g/mol. The zero-order chi connectivity index (χ0) is 22.2. The van der Waals surface area contributed by atoms with E-state index in [0.29, 0.717) is 11.8 Å². The van der Waals surface area contributed by atoms with Crippen molar-refractivity contribution in [2.75, 3.05) is 0 Å². The minimum Gasteiger partial charge on any atom is -0.439 e. The Morgan fingerprint density at radius 2 is 1.42 bits per heavy atom.